The van der Waals surface area contributed by atoms with Crippen molar-refractivity contribution in [2.24, 2.45) is 0 Å². The van der Waals surface area contributed by atoms with E-state index in [2.05, 4.69) is 9.88 Å². The molecule has 3 rings (SSSR count). The summed E-state index contributed by atoms with van der Waals surface area (Å²) in [4.78, 5) is 6.63. The van der Waals surface area contributed by atoms with Gasteiger partial charge in [-0.15, -0.1) is 0 Å². The second-order valence-corrected chi connectivity index (χ2v) is 4.40. The molecule has 0 amide bonds. The van der Waals surface area contributed by atoms with Crippen LogP contribution >= 0.6 is 0 Å². The highest BCUT2D eigenvalue weighted by atomic mass is 16.5. The molecule has 0 unspecified atom stereocenters. The maximum Gasteiger partial charge on any atom is 0.128 e. The molecule has 0 bridgehead atoms. The van der Waals surface area contributed by atoms with Gasteiger partial charge in [0.25, 0.3) is 0 Å². The smallest absolute Gasteiger partial charge is 0.128 e. The van der Waals surface area contributed by atoms with Crippen molar-refractivity contribution < 1.29 is 4.74 Å². The van der Waals surface area contributed by atoms with E-state index in [0.29, 0.717) is 5.69 Å². The highest BCUT2D eigenvalue weighted by molar-refractivity contribution is 5.46. The molecule has 2 N–H and O–H groups in total. The molecule has 1 aliphatic carbocycles. The van der Waals surface area contributed by atoms with Crippen LogP contribution in [0.1, 0.15) is 12.8 Å². The number of nitrogens with two attached hydrogens (primary N) is 1. The zero-order chi connectivity index (χ0) is 10.3. The Morgan fingerprint density at radius 3 is 2.93 bits per heavy atom. The summed E-state index contributed by atoms with van der Waals surface area (Å²) in [5.74, 6) is 1.01. The van der Waals surface area contributed by atoms with Crippen molar-refractivity contribution in [3.63, 3.8) is 0 Å². The lowest BCUT2D eigenvalue weighted by Gasteiger charge is -2.34. The fourth-order valence-corrected chi connectivity index (χ4v) is 2.07. The summed E-state index contributed by atoms with van der Waals surface area (Å²) in [6.07, 6.45) is 4.10. The van der Waals surface area contributed by atoms with E-state index in [1.165, 1.54) is 12.8 Å². The van der Waals surface area contributed by atoms with Crippen molar-refractivity contribution in [2.75, 3.05) is 30.3 Å². The van der Waals surface area contributed by atoms with Gasteiger partial charge in [-0.1, -0.05) is 0 Å². The zero-order valence-electron chi connectivity index (χ0n) is 8.65. The summed E-state index contributed by atoms with van der Waals surface area (Å²) in [6, 6.07) is 3.88. The van der Waals surface area contributed by atoms with Crippen LogP contribution in [0.4, 0.5) is 11.5 Å². The lowest BCUT2D eigenvalue weighted by Crippen LogP contribution is -2.44. The molecule has 0 aromatic carbocycles. The quantitative estimate of drug-likeness (QED) is 0.744. The summed E-state index contributed by atoms with van der Waals surface area (Å²) in [6.45, 7) is 2.72. The van der Waals surface area contributed by atoms with E-state index in [9.17, 15) is 0 Å². The van der Waals surface area contributed by atoms with E-state index in [1.54, 1.807) is 6.20 Å². The molecule has 1 saturated carbocycles. The van der Waals surface area contributed by atoms with Gasteiger partial charge in [-0.3, -0.25) is 0 Å². The first kappa shape index (κ1) is 8.97. The van der Waals surface area contributed by atoms with Crippen molar-refractivity contribution in [1.29, 1.82) is 0 Å². The molecule has 2 fully saturated rings. The first-order valence-electron chi connectivity index (χ1n) is 5.38. The van der Waals surface area contributed by atoms with Gasteiger partial charge >= 0.3 is 0 Å². The first-order valence-corrected chi connectivity index (χ1v) is 5.38. The summed E-state index contributed by atoms with van der Waals surface area (Å²) >= 11 is 0. The van der Waals surface area contributed by atoms with Crippen LogP contribution in [0.5, 0.6) is 0 Å². The number of nitrogens with zero attached hydrogens (tertiary/aromatic N) is 2. The van der Waals surface area contributed by atoms with Gasteiger partial charge in [0.2, 0.25) is 0 Å². The molecule has 1 spiro atoms. The molecule has 1 aliphatic heterocycles. The van der Waals surface area contributed by atoms with E-state index in [0.717, 1.165) is 25.5 Å². The van der Waals surface area contributed by atoms with E-state index in [1.807, 2.05) is 12.1 Å². The Balaban J connectivity index is 1.78. The fourth-order valence-electron chi connectivity index (χ4n) is 2.07. The van der Waals surface area contributed by atoms with Crippen LogP contribution in [0, 0.1) is 0 Å². The SMILES string of the molecule is Nc1ccc(N2CCOC3(CC3)C2)nc1. The average molecular weight is 205 g/mol. The second kappa shape index (κ2) is 3.10. The van der Waals surface area contributed by atoms with Gasteiger partial charge in [0.15, 0.2) is 0 Å². The van der Waals surface area contributed by atoms with Crippen LogP contribution in [0.25, 0.3) is 0 Å². The van der Waals surface area contributed by atoms with E-state index in [4.69, 9.17) is 10.5 Å². The Bertz CT molecular complexity index is 359. The van der Waals surface area contributed by atoms with Crippen LogP contribution in [-0.4, -0.2) is 30.3 Å². The van der Waals surface area contributed by atoms with Crippen molar-refractivity contribution in [3.8, 4) is 0 Å². The fraction of sp³-hybridized carbons (Fsp3) is 0.545. The molecule has 2 heterocycles. The summed E-state index contributed by atoms with van der Waals surface area (Å²) in [5, 5.41) is 0. The van der Waals surface area contributed by atoms with Crippen molar-refractivity contribution in [2.45, 2.75) is 18.4 Å². The minimum absolute atomic E-state index is 0.154. The number of rotatable bonds is 1. The number of hydrogen-bond donors (Lipinski definition) is 1. The van der Waals surface area contributed by atoms with Gasteiger partial charge in [0, 0.05) is 13.1 Å². The van der Waals surface area contributed by atoms with Gasteiger partial charge < -0.3 is 15.4 Å². The highest BCUT2D eigenvalue weighted by Gasteiger charge is 2.47. The molecule has 1 saturated heterocycles. The summed E-state index contributed by atoms with van der Waals surface area (Å²) in [5.41, 5.74) is 6.49. The number of nitrogen functional groups attached to an aromatic ring is 1. The Hall–Kier alpha value is -1.29. The van der Waals surface area contributed by atoms with Gasteiger partial charge in [0.1, 0.15) is 5.82 Å². The number of aromatic nitrogens is 1. The maximum atomic E-state index is 5.76. The summed E-state index contributed by atoms with van der Waals surface area (Å²) in [7, 11) is 0. The van der Waals surface area contributed by atoms with Crippen molar-refractivity contribution >= 4 is 11.5 Å². The van der Waals surface area contributed by atoms with Gasteiger partial charge in [-0.05, 0) is 25.0 Å². The molecule has 4 heteroatoms. The molecule has 1 aromatic rings. The molecular formula is C11H15N3O. The van der Waals surface area contributed by atoms with E-state index >= 15 is 0 Å². The molecule has 4 nitrogen and oxygen atoms in total. The Morgan fingerprint density at radius 1 is 1.40 bits per heavy atom. The van der Waals surface area contributed by atoms with Gasteiger partial charge in [-0.2, -0.15) is 0 Å². The van der Waals surface area contributed by atoms with Gasteiger partial charge in [0.05, 0.1) is 24.1 Å². The van der Waals surface area contributed by atoms with Crippen LogP contribution < -0.4 is 10.6 Å². The predicted molar refractivity (Wildman–Crippen MR) is 58.8 cm³/mol. The third-order valence-corrected chi connectivity index (χ3v) is 3.15. The highest BCUT2D eigenvalue weighted by Crippen LogP contribution is 2.42. The average Bonchev–Trinajstić information content (AvgIpc) is 2.99. The lowest BCUT2D eigenvalue weighted by molar-refractivity contribution is 0.0204. The topological polar surface area (TPSA) is 51.4 Å². The Kier molecular flexibility index (Phi) is 1.85. The lowest BCUT2D eigenvalue weighted by atomic mass is 10.2. The maximum absolute atomic E-state index is 5.76. The third-order valence-electron chi connectivity index (χ3n) is 3.15. The minimum atomic E-state index is 0.154. The number of morpholine rings is 1. The molecule has 1 aromatic heterocycles. The molecule has 0 radical (unpaired) electrons. The molecule has 80 valence electrons. The monoisotopic (exact) mass is 205 g/mol. The zero-order valence-corrected chi connectivity index (χ0v) is 8.65. The molecule has 2 aliphatic rings. The van der Waals surface area contributed by atoms with Crippen molar-refractivity contribution in [3.05, 3.63) is 18.3 Å². The largest absolute Gasteiger partial charge is 0.397 e. The Labute approximate surface area is 89.0 Å². The van der Waals surface area contributed by atoms with Crippen molar-refractivity contribution in [1.82, 2.24) is 4.98 Å². The van der Waals surface area contributed by atoms with Crippen LogP contribution in [0.15, 0.2) is 18.3 Å². The third kappa shape index (κ3) is 1.65. The number of ether oxygens (including phenoxy) is 1. The molecular weight excluding hydrogens is 190 g/mol. The second-order valence-electron chi connectivity index (χ2n) is 4.40. The van der Waals surface area contributed by atoms with Crippen LogP contribution in [0.2, 0.25) is 0 Å². The van der Waals surface area contributed by atoms with Crippen LogP contribution in [0.3, 0.4) is 0 Å². The normalized spacial score (nSPS) is 23.1. The van der Waals surface area contributed by atoms with E-state index in [-0.39, 0.29) is 5.60 Å². The predicted octanol–water partition coefficient (Wildman–Crippen LogP) is 1.03. The molecule has 0 atom stereocenters. The van der Waals surface area contributed by atoms with Gasteiger partial charge in [-0.25, -0.2) is 4.98 Å². The number of pyridine rings is 1. The molecule has 15 heavy (non-hydrogen) atoms. The minimum Gasteiger partial charge on any atom is -0.397 e. The van der Waals surface area contributed by atoms with Crippen LogP contribution in [-0.2, 0) is 4.74 Å². The number of anilines is 2. The standard InChI is InChI=1S/C11H15N3O/c12-9-1-2-10(13-7-9)14-5-6-15-11(8-14)3-4-11/h1-2,7H,3-6,8,12H2. The Morgan fingerprint density at radius 2 is 2.27 bits per heavy atom. The number of hydrogen-bond acceptors (Lipinski definition) is 4. The first-order chi connectivity index (χ1) is 7.27. The van der Waals surface area contributed by atoms with E-state index < -0.39 is 0 Å². The summed E-state index contributed by atoms with van der Waals surface area (Å²) < 4.78 is 5.76.